The van der Waals surface area contributed by atoms with Crippen LogP contribution in [0.15, 0.2) is 42.2 Å². The average molecular weight is 488 g/mol. The Morgan fingerprint density at radius 1 is 1.17 bits per heavy atom. The van der Waals surface area contributed by atoms with Crippen LogP contribution in [-0.4, -0.2) is 49.8 Å². The zero-order valence-corrected chi connectivity index (χ0v) is 21.5. The van der Waals surface area contributed by atoms with Crippen LogP contribution in [0.3, 0.4) is 0 Å². The van der Waals surface area contributed by atoms with Crippen molar-refractivity contribution in [1.29, 1.82) is 0 Å². The molecule has 3 rings (SSSR count). The summed E-state index contributed by atoms with van der Waals surface area (Å²) in [5.41, 5.74) is 8.19. The van der Waals surface area contributed by atoms with E-state index < -0.39 is 0 Å². The smallest absolute Gasteiger partial charge is 0.253 e. The van der Waals surface area contributed by atoms with E-state index in [1.54, 1.807) is 7.11 Å². The molecule has 1 aliphatic heterocycles. The number of hydrogen-bond acceptors (Lipinski definition) is 6. The number of hydrogen-bond donors (Lipinski definition) is 1. The number of nitrogens with zero attached hydrogens (tertiary/aromatic N) is 2. The van der Waals surface area contributed by atoms with Gasteiger partial charge in [0.05, 0.1) is 16.7 Å². The van der Waals surface area contributed by atoms with Crippen molar-refractivity contribution in [2.75, 3.05) is 40.0 Å². The Labute approximate surface area is 211 Å². The number of allylic oxidation sites excluding steroid dienone is 1. The summed E-state index contributed by atoms with van der Waals surface area (Å²) in [5, 5.41) is 11.6. The first-order valence-electron chi connectivity index (χ1n) is 13.5. The van der Waals surface area contributed by atoms with Gasteiger partial charge in [0.2, 0.25) is 0 Å². The summed E-state index contributed by atoms with van der Waals surface area (Å²) in [6.45, 7) is 3.51. The first-order valence-corrected chi connectivity index (χ1v) is 13.5. The Morgan fingerprint density at radius 3 is 2.63 bits per heavy atom. The fourth-order valence-corrected chi connectivity index (χ4v) is 5.92. The molecule has 2 fully saturated rings. The quantitative estimate of drug-likeness (QED) is 0.210. The molecule has 0 amide bonds. The van der Waals surface area contributed by atoms with Gasteiger partial charge in [0.25, 0.3) is 6.20 Å². The van der Waals surface area contributed by atoms with Gasteiger partial charge in [-0.2, -0.15) is 0 Å². The number of rotatable bonds is 14. The zero-order valence-electron chi connectivity index (χ0n) is 21.5. The van der Waals surface area contributed by atoms with Crippen LogP contribution >= 0.6 is 0 Å². The Hall–Kier alpha value is -1.96. The normalized spacial score (nSPS) is 21.6. The molecule has 196 valence electrons. The minimum absolute atomic E-state index is 0.0275. The number of benzene rings is 1. The molecule has 0 spiro atoms. The van der Waals surface area contributed by atoms with Crippen LogP contribution in [0, 0.1) is 27.9 Å². The van der Waals surface area contributed by atoms with Gasteiger partial charge in [-0.1, -0.05) is 62.4 Å². The van der Waals surface area contributed by atoms with Crippen LogP contribution in [0.1, 0.15) is 75.9 Å². The van der Waals surface area contributed by atoms with E-state index in [1.165, 1.54) is 43.9 Å². The number of piperidine rings is 1. The molecule has 0 bridgehead atoms. The van der Waals surface area contributed by atoms with Gasteiger partial charge in [-0.15, -0.1) is 0 Å². The lowest BCUT2D eigenvalue weighted by molar-refractivity contribution is -0.404. The molecule has 1 heterocycles. The minimum Gasteiger partial charge on any atom is -0.385 e. The van der Waals surface area contributed by atoms with Gasteiger partial charge in [0, 0.05) is 39.3 Å². The van der Waals surface area contributed by atoms with Crippen molar-refractivity contribution < 1.29 is 14.4 Å². The third kappa shape index (κ3) is 9.21. The van der Waals surface area contributed by atoms with Gasteiger partial charge in [-0.25, -0.2) is 0 Å². The molecular weight excluding hydrogens is 442 g/mol. The summed E-state index contributed by atoms with van der Waals surface area (Å²) in [5.74, 6) is 1.28. The number of nitro groups is 1. The monoisotopic (exact) mass is 487 g/mol. The fourth-order valence-electron chi connectivity index (χ4n) is 5.92. The van der Waals surface area contributed by atoms with Crippen LogP contribution in [0.4, 0.5) is 0 Å². The average Bonchev–Trinajstić information content (AvgIpc) is 2.89. The summed E-state index contributed by atoms with van der Waals surface area (Å²) in [4.78, 5) is 13.5. The highest BCUT2D eigenvalue weighted by Gasteiger charge is 2.32. The minimum atomic E-state index is -0.289. The van der Waals surface area contributed by atoms with E-state index in [1.807, 2.05) is 6.07 Å². The molecule has 35 heavy (non-hydrogen) atoms. The lowest BCUT2D eigenvalue weighted by Gasteiger charge is -2.39. The molecule has 1 aliphatic carbocycles. The highest BCUT2D eigenvalue weighted by molar-refractivity contribution is 5.19. The number of likely N-dealkylation sites (tertiary alicyclic amines) is 1. The van der Waals surface area contributed by atoms with Gasteiger partial charge in [-0.3, -0.25) is 10.1 Å². The second-order valence-electron chi connectivity index (χ2n) is 10.3. The lowest BCUT2D eigenvalue weighted by atomic mass is 9.81. The number of ether oxygens (including phenoxy) is 2. The van der Waals surface area contributed by atoms with Crippen LogP contribution in [0.2, 0.25) is 0 Å². The van der Waals surface area contributed by atoms with Crippen molar-refractivity contribution in [2.24, 2.45) is 23.5 Å². The molecule has 1 aromatic carbocycles. The van der Waals surface area contributed by atoms with Crippen molar-refractivity contribution in [3.8, 4) is 0 Å². The second-order valence-corrected chi connectivity index (χ2v) is 10.3. The Kier molecular flexibility index (Phi) is 12.0. The van der Waals surface area contributed by atoms with Gasteiger partial charge in [-0.05, 0) is 56.0 Å². The maximum Gasteiger partial charge on any atom is 0.253 e. The van der Waals surface area contributed by atoms with Crippen molar-refractivity contribution in [1.82, 2.24) is 4.90 Å². The van der Waals surface area contributed by atoms with Crippen molar-refractivity contribution >= 4 is 0 Å². The highest BCUT2D eigenvalue weighted by Crippen LogP contribution is 2.36. The largest absolute Gasteiger partial charge is 0.385 e. The molecule has 7 nitrogen and oxygen atoms in total. The van der Waals surface area contributed by atoms with Gasteiger partial charge in [0.1, 0.15) is 0 Å². The molecule has 0 aromatic heterocycles. The summed E-state index contributed by atoms with van der Waals surface area (Å²) in [6.07, 6.45) is 12.4. The summed E-state index contributed by atoms with van der Waals surface area (Å²) < 4.78 is 11.6. The van der Waals surface area contributed by atoms with Crippen molar-refractivity contribution in [3.63, 3.8) is 0 Å². The molecular formula is C28H45N3O4. The Bertz CT molecular complexity index is 767. The molecule has 2 aliphatic rings. The number of nitrogens with two attached hydrogens (primary N) is 1. The van der Waals surface area contributed by atoms with Crippen molar-refractivity contribution in [3.05, 3.63) is 57.9 Å². The molecule has 1 saturated carbocycles. The van der Waals surface area contributed by atoms with E-state index in [0.29, 0.717) is 38.0 Å². The first-order chi connectivity index (χ1) is 17.1. The summed E-state index contributed by atoms with van der Waals surface area (Å²) in [7, 11) is 1.71. The third-order valence-corrected chi connectivity index (χ3v) is 7.69. The predicted octanol–water partition coefficient (Wildman–Crippen LogP) is 5.55. The second kappa shape index (κ2) is 15.2. The maximum absolute atomic E-state index is 11.6. The fraction of sp³-hybridized carbons (Fsp3) is 0.714. The standard InChI is InChI=1S/C28H45N3O4/c1-34-16-9-17-35-28(25-12-6-3-7-13-25)26-14-8-15-30(21-26)27(22-31(32)33)19-24(20-29)18-23-10-4-2-5-11-23/h3,6-7,12-13,22-24,26,28H,2,4-5,8-11,14-21,29H2,1H3/b27-22+/t24-,26?,28?/m1/s1. The van der Waals surface area contributed by atoms with Gasteiger partial charge >= 0.3 is 0 Å². The Balaban J connectivity index is 1.70. The molecule has 1 saturated heterocycles. The van der Waals surface area contributed by atoms with E-state index in [4.69, 9.17) is 15.2 Å². The van der Waals surface area contributed by atoms with E-state index in [9.17, 15) is 10.1 Å². The lowest BCUT2D eigenvalue weighted by Crippen LogP contribution is -2.39. The predicted molar refractivity (Wildman–Crippen MR) is 139 cm³/mol. The summed E-state index contributed by atoms with van der Waals surface area (Å²) in [6, 6.07) is 10.4. The first kappa shape index (κ1) is 27.6. The van der Waals surface area contributed by atoms with Crippen molar-refractivity contribution in [2.45, 2.75) is 70.3 Å². The topological polar surface area (TPSA) is 90.9 Å². The SMILES string of the molecule is COCCCOC(c1ccccc1)C1CCCN(/C(=C/[N+](=O)[O-])C[C@H](CN)CC2CCCCC2)C1. The highest BCUT2D eigenvalue weighted by atomic mass is 16.6. The van der Waals surface area contributed by atoms with E-state index in [-0.39, 0.29) is 16.9 Å². The van der Waals surface area contributed by atoms with Crippen LogP contribution in [-0.2, 0) is 9.47 Å². The van der Waals surface area contributed by atoms with Crippen LogP contribution in [0.25, 0.3) is 0 Å². The van der Waals surface area contributed by atoms with E-state index in [0.717, 1.165) is 44.5 Å². The van der Waals surface area contributed by atoms with Gasteiger partial charge in [0.15, 0.2) is 0 Å². The van der Waals surface area contributed by atoms with Gasteiger partial charge < -0.3 is 20.1 Å². The molecule has 0 radical (unpaired) electrons. The van der Waals surface area contributed by atoms with Crippen LogP contribution in [0.5, 0.6) is 0 Å². The number of methoxy groups -OCH3 is 1. The van der Waals surface area contributed by atoms with E-state index in [2.05, 4.69) is 29.2 Å². The zero-order chi connectivity index (χ0) is 24.9. The Morgan fingerprint density at radius 2 is 1.94 bits per heavy atom. The molecule has 1 aromatic rings. The van der Waals surface area contributed by atoms with E-state index >= 15 is 0 Å². The molecule has 7 heteroatoms. The summed E-state index contributed by atoms with van der Waals surface area (Å²) >= 11 is 0. The molecule has 2 N–H and O–H groups in total. The van der Waals surface area contributed by atoms with Crippen LogP contribution < -0.4 is 5.73 Å². The molecule has 2 unspecified atom stereocenters. The maximum atomic E-state index is 11.6. The molecule has 3 atom stereocenters. The third-order valence-electron chi connectivity index (χ3n) is 7.69.